The van der Waals surface area contributed by atoms with E-state index in [0.29, 0.717) is 50.0 Å². The van der Waals surface area contributed by atoms with Crippen LogP contribution in [0.5, 0.6) is 11.5 Å². The standard InChI is InChI=1S/C14H20FNO4/c1-17-13-5-10(12(15)6-14(13)18-2)7-16-8-11-9-19-3-4-20-11/h5-6,11,16H,3-4,7-9H2,1-2H3/t11-/m1/s1. The normalized spacial score (nSPS) is 18.9. The first kappa shape index (κ1) is 15.0. The lowest BCUT2D eigenvalue weighted by molar-refractivity contribution is -0.0864. The molecule has 1 aromatic carbocycles. The van der Waals surface area contributed by atoms with E-state index in [1.54, 1.807) is 6.07 Å². The minimum Gasteiger partial charge on any atom is -0.493 e. The van der Waals surface area contributed by atoms with Crippen LogP contribution in [0.15, 0.2) is 12.1 Å². The molecule has 1 atom stereocenters. The SMILES string of the molecule is COc1cc(F)c(CNC[C@@H]2COCCO2)cc1OC. The zero-order chi connectivity index (χ0) is 14.4. The lowest BCUT2D eigenvalue weighted by Crippen LogP contribution is -2.37. The number of methoxy groups -OCH3 is 2. The van der Waals surface area contributed by atoms with E-state index < -0.39 is 0 Å². The smallest absolute Gasteiger partial charge is 0.163 e. The molecule has 0 saturated carbocycles. The zero-order valence-electron chi connectivity index (χ0n) is 11.8. The summed E-state index contributed by atoms with van der Waals surface area (Å²) in [5.74, 6) is 0.580. The number of halogens is 1. The van der Waals surface area contributed by atoms with Gasteiger partial charge in [0.15, 0.2) is 11.5 Å². The Bertz CT molecular complexity index is 435. The third-order valence-corrected chi connectivity index (χ3v) is 3.13. The summed E-state index contributed by atoms with van der Waals surface area (Å²) in [5.41, 5.74) is 0.527. The van der Waals surface area contributed by atoms with E-state index in [-0.39, 0.29) is 11.9 Å². The highest BCUT2D eigenvalue weighted by atomic mass is 19.1. The van der Waals surface area contributed by atoms with Gasteiger partial charge in [-0.1, -0.05) is 0 Å². The Kier molecular flexibility index (Phi) is 5.58. The Morgan fingerprint density at radius 1 is 1.25 bits per heavy atom. The first-order valence-electron chi connectivity index (χ1n) is 6.55. The quantitative estimate of drug-likeness (QED) is 0.855. The molecule has 0 amide bonds. The summed E-state index contributed by atoms with van der Waals surface area (Å²) in [4.78, 5) is 0. The predicted molar refractivity (Wildman–Crippen MR) is 71.8 cm³/mol. The third kappa shape index (κ3) is 3.82. The average molecular weight is 285 g/mol. The number of rotatable bonds is 6. The molecule has 0 unspecified atom stereocenters. The molecule has 1 saturated heterocycles. The van der Waals surface area contributed by atoms with Crippen molar-refractivity contribution < 1.29 is 23.3 Å². The van der Waals surface area contributed by atoms with E-state index >= 15 is 0 Å². The second-order valence-corrected chi connectivity index (χ2v) is 4.50. The van der Waals surface area contributed by atoms with Crippen molar-refractivity contribution in [2.45, 2.75) is 12.6 Å². The Labute approximate surface area is 118 Å². The minimum atomic E-state index is -0.323. The molecule has 0 spiro atoms. The van der Waals surface area contributed by atoms with Crippen LogP contribution in [0, 0.1) is 5.82 Å². The van der Waals surface area contributed by atoms with Gasteiger partial charge in [-0.2, -0.15) is 0 Å². The molecule has 0 aliphatic carbocycles. The number of nitrogens with one attached hydrogen (secondary N) is 1. The van der Waals surface area contributed by atoms with E-state index in [0.717, 1.165) is 0 Å². The Morgan fingerprint density at radius 2 is 2.00 bits per heavy atom. The van der Waals surface area contributed by atoms with Gasteiger partial charge in [-0.15, -0.1) is 0 Å². The van der Waals surface area contributed by atoms with Gasteiger partial charge in [0, 0.05) is 24.7 Å². The maximum absolute atomic E-state index is 13.9. The average Bonchev–Trinajstić information content (AvgIpc) is 2.49. The molecule has 1 heterocycles. The van der Waals surface area contributed by atoms with Crippen LogP contribution in [-0.2, 0) is 16.0 Å². The second-order valence-electron chi connectivity index (χ2n) is 4.50. The first-order chi connectivity index (χ1) is 9.74. The molecular weight excluding hydrogens is 265 g/mol. The molecule has 1 aliphatic rings. The van der Waals surface area contributed by atoms with Crippen molar-refractivity contribution in [2.75, 3.05) is 40.6 Å². The monoisotopic (exact) mass is 285 g/mol. The zero-order valence-corrected chi connectivity index (χ0v) is 11.8. The van der Waals surface area contributed by atoms with Crippen LogP contribution in [0.25, 0.3) is 0 Å². The van der Waals surface area contributed by atoms with Crippen LogP contribution in [0.4, 0.5) is 4.39 Å². The lowest BCUT2D eigenvalue weighted by atomic mass is 10.2. The van der Waals surface area contributed by atoms with E-state index in [2.05, 4.69) is 5.32 Å². The largest absolute Gasteiger partial charge is 0.493 e. The summed E-state index contributed by atoms with van der Waals surface area (Å²) in [6.07, 6.45) is 0.0203. The van der Waals surface area contributed by atoms with E-state index in [1.807, 2.05) is 0 Å². The maximum Gasteiger partial charge on any atom is 0.163 e. The van der Waals surface area contributed by atoms with Crippen molar-refractivity contribution in [1.82, 2.24) is 5.32 Å². The number of benzene rings is 1. The molecule has 1 fully saturated rings. The van der Waals surface area contributed by atoms with Crippen molar-refractivity contribution in [2.24, 2.45) is 0 Å². The fourth-order valence-electron chi connectivity index (χ4n) is 2.05. The molecule has 1 aliphatic heterocycles. The van der Waals surface area contributed by atoms with Crippen LogP contribution in [0.2, 0.25) is 0 Å². The van der Waals surface area contributed by atoms with E-state index in [4.69, 9.17) is 18.9 Å². The fraction of sp³-hybridized carbons (Fsp3) is 0.571. The molecule has 112 valence electrons. The molecular formula is C14H20FNO4. The topological polar surface area (TPSA) is 49.0 Å². The molecule has 2 rings (SSSR count). The van der Waals surface area contributed by atoms with Gasteiger partial charge in [0.05, 0.1) is 40.1 Å². The van der Waals surface area contributed by atoms with Crippen molar-refractivity contribution in [3.8, 4) is 11.5 Å². The van der Waals surface area contributed by atoms with Gasteiger partial charge < -0.3 is 24.3 Å². The molecule has 0 radical (unpaired) electrons. The highest BCUT2D eigenvalue weighted by Crippen LogP contribution is 2.29. The van der Waals surface area contributed by atoms with Crippen LogP contribution in [-0.4, -0.2) is 46.7 Å². The summed E-state index contributed by atoms with van der Waals surface area (Å²) >= 11 is 0. The van der Waals surface area contributed by atoms with E-state index in [9.17, 15) is 4.39 Å². The Hall–Kier alpha value is -1.37. The minimum absolute atomic E-state index is 0.0203. The van der Waals surface area contributed by atoms with Crippen LogP contribution >= 0.6 is 0 Å². The van der Waals surface area contributed by atoms with Crippen LogP contribution in [0.3, 0.4) is 0 Å². The fourth-order valence-corrected chi connectivity index (χ4v) is 2.05. The van der Waals surface area contributed by atoms with Crippen molar-refractivity contribution in [3.63, 3.8) is 0 Å². The molecule has 1 aromatic rings. The highest BCUT2D eigenvalue weighted by molar-refractivity contribution is 5.43. The number of hydrogen-bond acceptors (Lipinski definition) is 5. The number of ether oxygens (including phenoxy) is 4. The van der Waals surface area contributed by atoms with Crippen LogP contribution < -0.4 is 14.8 Å². The molecule has 6 heteroatoms. The second kappa shape index (κ2) is 7.42. The first-order valence-corrected chi connectivity index (χ1v) is 6.55. The summed E-state index contributed by atoms with van der Waals surface area (Å²) in [6.45, 7) is 2.83. The molecule has 0 bridgehead atoms. The van der Waals surface area contributed by atoms with Crippen molar-refractivity contribution in [1.29, 1.82) is 0 Å². The van der Waals surface area contributed by atoms with Crippen LogP contribution in [0.1, 0.15) is 5.56 Å². The summed E-state index contributed by atoms with van der Waals surface area (Å²) in [7, 11) is 3.01. The highest BCUT2D eigenvalue weighted by Gasteiger charge is 2.15. The van der Waals surface area contributed by atoms with Gasteiger partial charge in [-0.25, -0.2) is 4.39 Å². The van der Waals surface area contributed by atoms with Crippen molar-refractivity contribution in [3.05, 3.63) is 23.5 Å². The van der Waals surface area contributed by atoms with Gasteiger partial charge in [-0.05, 0) is 6.07 Å². The summed E-state index contributed by atoms with van der Waals surface area (Å²) in [6, 6.07) is 2.97. The van der Waals surface area contributed by atoms with Gasteiger partial charge in [0.25, 0.3) is 0 Å². The van der Waals surface area contributed by atoms with Gasteiger partial charge in [-0.3, -0.25) is 0 Å². The van der Waals surface area contributed by atoms with E-state index in [1.165, 1.54) is 20.3 Å². The van der Waals surface area contributed by atoms with Crippen molar-refractivity contribution >= 4 is 0 Å². The molecule has 0 aromatic heterocycles. The maximum atomic E-state index is 13.9. The van der Waals surface area contributed by atoms with Gasteiger partial charge in [0.2, 0.25) is 0 Å². The Balaban J connectivity index is 1.91. The summed E-state index contributed by atoms with van der Waals surface area (Å²) < 4.78 is 34.9. The number of hydrogen-bond donors (Lipinski definition) is 1. The molecule has 20 heavy (non-hydrogen) atoms. The third-order valence-electron chi connectivity index (χ3n) is 3.13. The summed E-state index contributed by atoms with van der Waals surface area (Å²) in [5, 5.41) is 3.16. The molecule has 5 nitrogen and oxygen atoms in total. The lowest BCUT2D eigenvalue weighted by Gasteiger charge is -2.23. The van der Waals surface area contributed by atoms with Gasteiger partial charge in [0.1, 0.15) is 5.82 Å². The predicted octanol–water partition coefficient (Wildman–Crippen LogP) is 1.35. The molecule has 1 N–H and O–H groups in total. The Morgan fingerprint density at radius 3 is 2.65 bits per heavy atom. The van der Waals surface area contributed by atoms with Gasteiger partial charge >= 0.3 is 0 Å².